The molecule has 0 spiro atoms. The van der Waals surface area contributed by atoms with E-state index in [1.54, 1.807) is 0 Å². The molecule has 18 heavy (non-hydrogen) atoms. The molecule has 1 atom stereocenters. The molecule has 0 aliphatic carbocycles. The van der Waals surface area contributed by atoms with Crippen LogP contribution >= 0.6 is 23.2 Å². The summed E-state index contributed by atoms with van der Waals surface area (Å²) in [4.78, 5) is 4.50. The van der Waals surface area contributed by atoms with Gasteiger partial charge >= 0.3 is 0 Å². The van der Waals surface area contributed by atoms with Gasteiger partial charge in [0.1, 0.15) is 11.3 Å². The molecule has 0 amide bonds. The number of hydrogen-bond acceptors (Lipinski definition) is 2. The first-order chi connectivity index (χ1) is 8.69. The molecule has 0 aliphatic heterocycles. The second-order valence-corrected chi connectivity index (χ2v) is 4.82. The van der Waals surface area contributed by atoms with Crippen LogP contribution < -0.4 is 0 Å². The molecule has 0 fully saturated rings. The minimum Gasteiger partial charge on any atom is -0.380 e. The fourth-order valence-electron chi connectivity index (χ4n) is 2.08. The number of nitrogens with zero attached hydrogens (tertiary/aromatic N) is 2. The van der Waals surface area contributed by atoms with Gasteiger partial charge in [-0.15, -0.1) is 11.6 Å². The lowest BCUT2D eigenvalue weighted by Crippen LogP contribution is -2.14. The predicted octanol–water partition coefficient (Wildman–Crippen LogP) is 4.03. The molecule has 1 heterocycles. The van der Waals surface area contributed by atoms with Crippen LogP contribution in [0.5, 0.6) is 0 Å². The van der Waals surface area contributed by atoms with Crippen LogP contribution in [-0.2, 0) is 10.6 Å². The fraction of sp³-hybridized carbons (Fsp3) is 0.462. The van der Waals surface area contributed by atoms with E-state index in [0.717, 1.165) is 16.9 Å². The highest BCUT2D eigenvalue weighted by atomic mass is 35.5. The van der Waals surface area contributed by atoms with Crippen LogP contribution in [0.4, 0.5) is 0 Å². The third-order valence-electron chi connectivity index (χ3n) is 2.87. The Bertz CT molecular complexity index is 539. The molecular weight excluding hydrogens is 271 g/mol. The Balaban J connectivity index is 2.50. The summed E-state index contributed by atoms with van der Waals surface area (Å²) in [6.45, 7) is 5.41. The summed E-state index contributed by atoms with van der Waals surface area (Å²) in [7, 11) is 0. The van der Waals surface area contributed by atoms with Crippen LogP contribution in [0.3, 0.4) is 0 Å². The Morgan fingerprint density at radius 3 is 2.89 bits per heavy atom. The minimum absolute atomic E-state index is 0.183. The zero-order valence-corrected chi connectivity index (χ0v) is 12.0. The maximum atomic E-state index is 6.16. The average Bonchev–Trinajstić information content (AvgIpc) is 2.76. The molecule has 5 heteroatoms. The first-order valence-electron chi connectivity index (χ1n) is 5.98. The number of imidazole rings is 1. The van der Waals surface area contributed by atoms with E-state index >= 15 is 0 Å². The van der Waals surface area contributed by atoms with Gasteiger partial charge in [0.2, 0.25) is 0 Å². The lowest BCUT2D eigenvalue weighted by atomic mass is 10.3. The Labute approximate surface area is 117 Å². The number of rotatable bonds is 5. The molecule has 0 saturated heterocycles. The minimum atomic E-state index is 0.183. The van der Waals surface area contributed by atoms with E-state index in [-0.39, 0.29) is 6.04 Å². The van der Waals surface area contributed by atoms with Crippen molar-refractivity contribution >= 4 is 34.2 Å². The van der Waals surface area contributed by atoms with Gasteiger partial charge in [0.25, 0.3) is 0 Å². The molecule has 1 unspecified atom stereocenters. The van der Waals surface area contributed by atoms with E-state index in [4.69, 9.17) is 27.9 Å². The summed E-state index contributed by atoms with van der Waals surface area (Å²) >= 11 is 12.1. The number of fused-ring (bicyclic) bond motifs is 1. The normalized spacial score (nSPS) is 13.1. The Morgan fingerprint density at radius 2 is 2.22 bits per heavy atom. The van der Waals surface area contributed by atoms with Gasteiger partial charge in [-0.2, -0.15) is 0 Å². The van der Waals surface area contributed by atoms with Gasteiger partial charge in [0.05, 0.1) is 29.1 Å². The smallest absolute Gasteiger partial charge is 0.125 e. The number of halogens is 2. The largest absolute Gasteiger partial charge is 0.380 e. The van der Waals surface area contributed by atoms with Crippen LogP contribution in [0.15, 0.2) is 18.2 Å². The van der Waals surface area contributed by atoms with Crippen LogP contribution in [-0.4, -0.2) is 22.8 Å². The van der Waals surface area contributed by atoms with Crippen molar-refractivity contribution in [3.63, 3.8) is 0 Å². The average molecular weight is 287 g/mol. The highest BCUT2D eigenvalue weighted by Crippen LogP contribution is 2.27. The molecule has 98 valence electrons. The van der Waals surface area contributed by atoms with Gasteiger partial charge in [-0.25, -0.2) is 4.98 Å². The van der Waals surface area contributed by atoms with Gasteiger partial charge in [0.15, 0.2) is 0 Å². The van der Waals surface area contributed by atoms with Gasteiger partial charge < -0.3 is 9.30 Å². The maximum Gasteiger partial charge on any atom is 0.125 e. The number of ether oxygens (including phenoxy) is 1. The third kappa shape index (κ3) is 2.48. The molecular formula is C13H16Cl2N2O. The first kappa shape index (κ1) is 13.7. The predicted molar refractivity (Wildman–Crippen MR) is 75.5 cm³/mol. The van der Waals surface area contributed by atoms with E-state index in [0.29, 0.717) is 24.1 Å². The van der Waals surface area contributed by atoms with Crippen molar-refractivity contribution in [3.05, 3.63) is 29.0 Å². The van der Waals surface area contributed by atoms with Crippen LogP contribution in [0.1, 0.15) is 25.7 Å². The fourth-order valence-corrected chi connectivity index (χ4v) is 2.48. The van der Waals surface area contributed by atoms with Crippen molar-refractivity contribution in [3.8, 4) is 0 Å². The van der Waals surface area contributed by atoms with E-state index < -0.39 is 0 Å². The third-order valence-corrected chi connectivity index (χ3v) is 3.41. The highest BCUT2D eigenvalue weighted by Gasteiger charge is 2.16. The number of para-hydroxylation sites is 1. The molecule has 3 nitrogen and oxygen atoms in total. The van der Waals surface area contributed by atoms with Gasteiger partial charge in [-0.3, -0.25) is 0 Å². The van der Waals surface area contributed by atoms with Crippen molar-refractivity contribution in [1.29, 1.82) is 0 Å². The zero-order valence-electron chi connectivity index (χ0n) is 10.5. The van der Waals surface area contributed by atoms with Crippen molar-refractivity contribution in [1.82, 2.24) is 9.55 Å². The molecule has 2 rings (SSSR count). The van der Waals surface area contributed by atoms with Crippen LogP contribution in [0, 0.1) is 0 Å². The van der Waals surface area contributed by atoms with E-state index in [9.17, 15) is 0 Å². The maximum absolute atomic E-state index is 6.16. The number of alkyl halides is 1. The molecule has 0 radical (unpaired) electrons. The summed E-state index contributed by atoms with van der Waals surface area (Å²) in [6, 6.07) is 5.95. The molecule has 1 aromatic carbocycles. The van der Waals surface area contributed by atoms with Crippen LogP contribution in [0.25, 0.3) is 11.0 Å². The van der Waals surface area contributed by atoms with E-state index in [1.807, 2.05) is 25.1 Å². The Kier molecular flexibility index (Phi) is 4.49. The van der Waals surface area contributed by atoms with Crippen molar-refractivity contribution in [2.24, 2.45) is 0 Å². The monoisotopic (exact) mass is 286 g/mol. The molecule has 0 aliphatic rings. The van der Waals surface area contributed by atoms with E-state index in [1.165, 1.54) is 0 Å². The van der Waals surface area contributed by atoms with Gasteiger partial charge in [-0.1, -0.05) is 17.7 Å². The summed E-state index contributed by atoms with van der Waals surface area (Å²) < 4.78 is 7.57. The van der Waals surface area contributed by atoms with Crippen molar-refractivity contribution in [2.75, 3.05) is 13.2 Å². The number of benzene rings is 1. The second kappa shape index (κ2) is 5.91. The molecule has 2 aromatic rings. The van der Waals surface area contributed by atoms with Crippen LogP contribution in [0.2, 0.25) is 5.02 Å². The summed E-state index contributed by atoms with van der Waals surface area (Å²) in [5, 5.41) is 0.654. The standard InChI is InChI=1S/C13H16Cl2N2O/c1-3-18-8-9(2)17-11-6-4-5-10(15)13(11)16-12(17)7-14/h4-6,9H,3,7-8H2,1-2H3. The molecule has 1 aromatic heterocycles. The number of hydrogen-bond donors (Lipinski definition) is 0. The zero-order chi connectivity index (χ0) is 13.1. The Morgan fingerprint density at radius 1 is 1.44 bits per heavy atom. The highest BCUT2D eigenvalue weighted by molar-refractivity contribution is 6.35. The Hall–Kier alpha value is -0.770. The quantitative estimate of drug-likeness (QED) is 0.776. The molecule has 0 saturated carbocycles. The van der Waals surface area contributed by atoms with Crippen molar-refractivity contribution < 1.29 is 4.74 Å². The lowest BCUT2D eigenvalue weighted by Gasteiger charge is -2.16. The summed E-state index contributed by atoms with van der Waals surface area (Å²) in [6.07, 6.45) is 0. The number of aromatic nitrogens is 2. The topological polar surface area (TPSA) is 27.1 Å². The first-order valence-corrected chi connectivity index (χ1v) is 6.89. The molecule has 0 N–H and O–H groups in total. The summed E-state index contributed by atoms with van der Waals surface area (Å²) in [5.41, 5.74) is 1.81. The SMILES string of the molecule is CCOCC(C)n1c(CCl)nc2c(Cl)cccc21. The van der Waals surface area contributed by atoms with Gasteiger partial charge in [0, 0.05) is 6.61 Å². The van der Waals surface area contributed by atoms with E-state index in [2.05, 4.69) is 16.5 Å². The molecule has 0 bridgehead atoms. The second-order valence-electron chi connectivity index (χ2n) is 4.15. The van der Waals surface area contributed by atoms with Crippen molar-refractivity contribution in [2.45, 2.75) is 25.8 Å². The summed E-state index contributed by atoms with van der Waals surface area (Å²) in [5.74, 6) is 1.19. The van der Waals surface area contributed by atoms with Gasteiger partial charge in [-0.05, 0) is 26.0 Å². The lowest BCUT2D eigenvalue weighted by molar-refractivity contribution is 0.119.